The smallest absolute Gasteiger partial charge is 0.317 e. The Morgan fingerprint density at radius 1 is 1.30 bits per heavy atom. The van der Waals surface area contributed by atoms with Crippen molar-refractivity contribution in [1.82, 2.24) is 10.2 Å². The Balaban J connectivity index is 1.78. The molecule has 1 aliphatic rings. The fourth-order valence-electron chi connectivity index (χ4n) is 3.44. The van der Waals surface area contributed by atoms with Crippen LogP contribution in [0.4, 0.5) is 4.79 Å². The second-order valence-electron chi connectivity index (χ2n) is 7.55. The van der Waals surface area contributed by atoms with E-state index < -0.39 is 0 Å². The number of nitrogens with one attached hydrogen (secondary N) is 1. The summed E-state index contributed by atoms with van der Waals surface area (Å²) in [6.07, 6.45) is 2.38. The van der Waals surface area contributed by atoms with Gasteiger partial charge in [0.05, 0.1) is 6.10 Å². The van der Waals surface area contributed by atoms with Gasteiger partial charge in [0.25, 0.3) is 0 Å². The van der Waals surface area contributed by atoms with E-state index in [4.69, 9.17) is 0 Å². The Labute approximate surface area is 139 Å². The number of benzene rings is 1. The molecular weight excluding hydrogens is 288 g/mol. The maximum Gasteiger partial charge on any atom is 0.317 e. The highest BCUT2D eigenvalue weighted by molar-refractivity contribution is 5.74. The van der Waals surface area contributed by atoms with Crippen LogP contribution in [0.2, 0.25) is 0 Å². The van der Waals surface area contributed by atoms with Crippen LogP contribution in [0.5, 0.6) is 0 Å². The molecule has 2 amide bonds. The first-order valence-corrected chi connectivity index (χ1v) is 8.63. The minimum absolute atomic E-state index is 0.0233. The molecule has 128 valence electrons. The number of likely N-dealkylation sites (tertiary alicyclic amines) is 1. The molecule has 4 heteroatoms. The van der Waals surface area contributed by atoms with Crippen molar-refractivity contribution in [2.24, 2.45) is 5.41 Å². The van der Waals surface area contributed by atoms with E-state index >= 15 is 0 Å². The number of nitrogens with zero attached hydrogens (tertiary/aromatic N) is 1. The van der Waals surface area contributed by atoms with Crippen molar-refractivity contribution in [2.75, 3.05) is 19.6 Å². The van der Waals surface area contributed by atoms with Crippen molar-refractivity contribution in [3.63, 3.8) is 0 Å². The van der Waals surface area contributed by atoms with Gasteiger partial charge >= 0.3 is 6.03 Å². The summed E-state index contributed by atoms with van der Waals surface area (Å²) in [5.74, 6) is 0.562. The lowest BCUT2D eigenvalue weighted by Gasteiger charge is -2.34. The Bertz CT molecular complexity index is 491. The predicted molar refractivity (Wildman–Crippen MR) is 93.5 cm³/mol. The minimum atomic E-state index is -0.344. The van der Waals surface area contributed by atoms with E-state index in [1.54, 1.807) is 6.92 Å². The maximum absolute atomic E-state index is 12.3. The number of piperidine rings is 1. The van der Waals surface area contributed by atoms with Gasteiger partial charge in [0.2, 0.25) is 0 Å². The second-order valence-corrected chi connectivity index (χ2v) is 7.55. The van der Waals surface area contributed by atoms with Crippen molar-refractivity contribution < 1.29 is 9.90 Å². The number of hydrogen-bond donors (Lipinski definition) is 2. The molecule has 1 heterocycles. The van der Waals surface area contributed by atoms with Gasteiger partial charge < -0.3 is 15.3 Å². The third-order valence-corrected chi connectivity index (χ3v) is 4.62. The van der Waals surface area contributed by atoms with Crippen LogP contribution in [-0.2, 0) is 0 Å². The third kappa shape index (κ3) is 5.54. The van der Waals surface area contributed by atoms with Gasteiger partial charge in [-0.3, -0.25) is 0 Å². The molecule has 0 aromatic heterocycles. The van der Waals surface area contributed by atoms with Crippen LogP contribution in [-0.4, -0.2) is 41.8 Å². The van der Waals surface area contributed by atoms with Gasteiger partial charge in [0.1, 0.15) is 0 Å². The van der Waals surface area contributed by atoms with Gasteiger partial charge in [-0.1, -0.05) is 44.2 Å². The summed E-state index contributed by atoms with van der Waals surface area (Å²) in [4.78, 5) is 14.2. The average Bonchev–Trinajstić information content (AvgIpc) is 2.52. The number of aliphatic hydroxyl groups is 1. The molecule has 0 spiro atoms. The van der Waals surface area contributed by atoms with Crippen LogP contribution < -0.4 is 5.32 Å². The summed E-state index contributed by atoms with van der Waals surface area (Å²) in [5.41, 5.74) is 1.29. The molecule has 1 atom stereocenters. The predicted octanol–water partition coefficient (Wildman–Crippen LogP) is 3.37. The number of hydrogen-bond acceptors (Lipinski definition) is 2. The molecule has 1 fully saturated rings. The first kappa shape index (κ1) is 17.8. The Morgan fingerprint density at radius 2 is 1.91 bits per heavy atom. The molecule has 0 saturated carbocycles. The van der Waals surface area contributed by atoms with Crippen LogP contribution in [0, 0.1) is 5.41 Å². The second kappa shape index (κ2) is 7.82. The molecule has 1 saturated heterocycles. The first-order valence-electron chi connectivity index (χ1n) is 8.63. The summed E-state index contributed by atoms with van der Waals surface area (Å²) in [6.45, 7) is 8.14. The number of rotatable bonds is 5. The number of urea groups is 1. The summed E-state index contributed by atoms with van der Waals surface area (Å²) in [7, 11) is 0. The molecule has 1 aromatic carbocycles. The number of carbonyl (C=O) groups is 1. The quantitative estimate of drug-likeness (QED) is 0.874. The van der Waals surface area contributed by atoms with E-state index in [9.17, 15) is 9.90 Å². The molecule has 4 nitrogen and oxygen atoms in total. The molecule has 0 radical (unpaired) electrons. The first-order chi connectivity index (χ1) is 10.9. The highest BCUT2D eigenvalue weighted by atomic mass is 16.3. The fourth-order valence-corrected chi connectivity index (χ4v) is 3.44. The normalized spacial score (nSPS) is 17.8. The SMILES string of the molecule is CC(O)CC(C)(C)CNC(=O)N1CCC(c2ccccc2)CC1. The zero-order valence-corrected chi connectivity index (χ0v) is 14.6. The monoisotopic (exact) mass is 318 g/mol. The molecule has 0 aliphatic carbocycles. The van der Waals surface area contributed by atoms with Gasteiger partial charge in [-0.2, -0.15) is 0 Å². The average molecular weight is 318 g/mol. The van der Waals surface area contributed by atoms with Crippen LogP contribution in [0.3, 0.4) is 0 Å². The lowest BCUT2D eigenvalue weighted by Crippen LogP contribution is -2.46. The number of carbonyl (C=O) groups excluding carboxylic acids is 1. The van der Waals surface area contributed by atoms with Gasteiger partial charge in [0.15, 0.2) is 0 Å². The summed E-state index contributed by atoms with van der Waals surface area (Å²) >= 11 is 0. The van der Waals surface area contributed by atoms with E-state index in [0.29, 0.717) is 18.9 Å². The van der Waals surface area contributed by atoms with Gasteiger partial charge in [-0.15, -0.1) is 0 Å². The summed E-state index contributed by atoms with van der Waals surface area (Å²) in [5, 5.41) is 12.5. The highest BCUT2D eigenvalue weighted by Gasteiger charge is 2.26. The topological polar surface area (TPSA) is 52.6 Å². The van der Waals surface area contributed by atoms with E-state index in [0.717, 1.165) is 25.9 Å². The van der Waals surface area contributed by atoms with Crippen LogP contribution in [0.25, 0.3) is 0 Å². The lowest BCUT2D eigenvalue weighted by atomic mass is 9.87. The molecule has 2 rings (SSSR count). The van der Waals surface area contributed by atoms with Crippen molar-refractivity contribution in [3.8, 4) is 0 Å². The zero-order chi connectivity index (χ0) is 16.9. The van der Waals surface area contributed by atoms with Crippen molar-refractivity contribution in [1.29, 1.82) is 0 Å². The Kier molecular flexibility index (Phi) is 6.05. The molecule has 1 aromatic rings. The zero-order valence-electron chi connectivity index (χ0n) is 14.6. The minimum Gasteiger partial charge on any atom is -0.393 e. The molecule has 1 aliphatic heterocycles. The van der Waals surface area contributed by atoms with Crippen LogP contribution in [0.1, 0.15) is 51.5 Å². The molecule has 0 bridgehead atoms. The number of amides is 2. The van der Waals surface area contributed by atoms with Crippen molar-refractivity contribution in [3.05, 3.63) is 35.9 Å². The van der Waals surface area contributed by atoms with E-state index in [1.807, 2.05) is 11.0 Å². The van der Waals surface area contributed by atoms with E-state index in [2.05, 4.69) is 43.4 Å². The fraction of sp³-hybridized carbons (Fsp3) is 0.632. The van der Waals surface area contributed by atoms with Crippen LogP contribution in [0.15, 0.2) is 30.3 Å². The van der Waals surface area contributed by atoms with Crippen molar-refractivity contribution in [2.45, 2.75) is 52.1 Å². The van der Waals surface area contributed by atoms with Gasteiger partial charge in [-0.25, -0.2) is 4.79 Å². The number of aliphatic hydroxyl groups excluding tert-OH is 1. The standard InChI is InChI=1S/C19H30N2O2/c1-15(22)13-19(2,3)14-20-18(23)21-11-9-17(10-12-21)16-7-5-4-6-8-16/h4-8,15,17,22H,9-14H2,1-3H3,(H,20,23). The molecule has 2 N–H and O–H groups in total. The Hall–Kier alpha value is -1.55. The Morgan fingerprint density at radius 3 is 2.48 bits per heavy atom. The summed E-state index contributed by atoms with van der Waals surface area (Å²) < 4.78 is 0. The lowest BCUT2D eigenvalue weighted by molar-refractivity contribution is 0.125. The van der Waals surface area contributed by atoms with E-state index in [-0.39, 0.29) is 17.6 Å². The molecule has 23 heavy (non-hydrogen) atoms. The highest BCUT2D eigenvalue weighted by Crippen LogP contribution is 2.28. The van der Waals surface area contributed by atoms with Gasteiger partial charge in [-0.05, 0) is 43.1 Å². The summed E-state index contributed by atoms with van der Waals surface area (Å²) in [6, 6.07) is 10.6. The molecule has 1 unspecified atom stereocenters. The van der Waals surface area contributed by atoms with Gasteiger partial charge in [0, 0.05) is 19.6 Å². The maximum atomic E-state index is 12.3. The third-order valence-electron chi connectivity index (χ3n) is 4.62. The van der Waals surface area contributed by atoms with Crippen molar-refractivity contribution >= 4 is 6.03 Å². The largest absolute Gasteiger partial charge is 0.393 e. The van der Waals surface area contributed by atoms with E-state index in [1.165, 1.54) is 5.56 Å². The molecular formula is C19H30N2O2. The van der Waals surface area contributed by atoms with Crippen LogP contribution >= 0.6 is 0 Å².